The Hall–Kier alpha value is -1.79. The van der Waals surface area contributed by atoms with Gasteiger partial charge in [0.05, 0.1) is 25.4 Å². The first-order chi connectivity index (χ1) is 8.56. The van der Waals surface area contributed by atoms with Crippen LogP contribution in [0.15, 0.2) is 18.2 Å². The lowest BCUT2D eigenvalue weighted by Gasteiger charge is -2.20. The first-order valence-corrected chi connectivity index (χ1v) is 5.59. The molecular weight excluding hydrogens is 236 g/mol. The van der Waals surface area contributed by atoms with E-state index in [9.17, 15) is 4.79 Å². The Morgan fingerprint density at radius 3 is 2.72 bits per heavy atom. The predicted octanol–water partition coefficient (Wildman–Crippen LogP) is 0.412. The number of nitrogens with zero attached hydrogens (tertiary/aromatic N) is 1. The van der Waals surface area contributed by atoms with Gasteiger partial charge >= 0.3 is 5.97 Å². The van der Waals surface area contributed by atoms with Gasteiger partial charge < -0.3 is 25.6 Å². The van der Waals surface area contributed by atoms with E-state index in [4.69, 9.17) is 20.7 Å². The molecule has 1 rings (SSSR count). The average molecular weight is 254 g/mol. The number of carbonyl (C=O) groups is 1. The summed E-state index contributed by atoms with van der Waals surface area (Å²) in [6.45, 7) is 1.43. The van der Waals surface area contributed by atoms with Crippen LogP contribution in [0, 0.1) is 0 Å². The number of carboxylic acid groups (broad SMARTS) is 1. The van der Waals surface area contributed by atoms with E-state index < -0.39 is 5.97 Å². The maximum absolute atomic E-state index is 10.8. The van der Waals surface area contributed by atoms with Gasteiger partial charge in [0.25, 0.3) is 0 Å². The number of aromatic carboxylic acids is 1. The number of hydrogen-bond acceptors (Lipinski definition) is 5. The van der Waals surface area contributed by atoms with Gasteiger partial charge in [0.15, 0.2) is 0 Å². The van der Waals surface area contributed by atoms with Crippen LogP contribution in [0.25, 0.3) is 0 Å². The molecule has 6 nitrogen and oxygen atoms in total. The molecule has 0 bridgehead atoms. The minimum atomic E-state index is -1.03. The van der Waals surface area contributed by atoms with Crippen LogP contribution in [0.3, 0.4) is 0 Å². The topological polar surface area (TPSA) is 96.0 Å². The Morgan fingerprint density at radius 1 is 1.44 bits per heavy atom. The minimum Gasteiger partial charge on any atom is -0.478 e. The Bertz CT molecular complexity index is 409. The van der Waals surface area contributed by atoms with E-state index in [0.29, 0.717) is 19.8 Å². The summed E-state index contributed by atoms with van der Waals surface area (Å²) in [4.78, 5) is 12.7. The van der Waals surface area contributed by atoms with Crippen molar-refractivity contribution >= 4 is 17.3 Å². The molecule has 0 amide bonds. The highest BCUT2D eigenvalue weighted by atomic mass is 16.5. The molecule has 0 aliphatic rings. The van der Waals surface area contributed by atoms with Gasteiger partial charge in [0, 0.05) is 25.0 Å². The highest BCUT2D eigenvalue weighted by Crippen LogP contribution is 2.20. The van der Waals surface area contributed by atoms with Gasteiger partial charge in [-0.1, -0.05) is 0 Å². The van der Waals surface area contributed by atoms with Gasteiger partial charge in [-0.2, -0.15) is 0 Å². The Balaban J connectivity index is 2.61. The van der Waals surface area contributed by atoms with Crippen molar-refractivity contribution in [3.05, 3.63) is 23.8 Å². The number of nitrogen functional groups attached to an aromatic ring is 1. The Morgan fingerprint density at radius 2 is 2.17 bits per heavy atom. The fraction of sp³-hybridized carbons (Fsp3) is 0.417. The van der Waals surface area contributed by atoms with Crippen molar-refractivity contribution in [2.45, 2.75) is 0 Å². The molecule has 0 heterocycles. The SMILES string of the molecule is CN(CCOCCO)c1ccc(C(=O)O)c(N)c1. The number of likely N-dealkylation sites (N-methyl/N-ethyl adjacent to an activating group) is 1. The summed E-state index contributed by atoms with van der Waals surface area (Å²) in [5.74, 6) is -1.03. The summed E-state index contributed by atoms with van der Waals surface area (Å²) in [5, 5.41) is 17.4. The number of anilines is 2. The van der Waals surface area contributed by atoms with Crippen LogP contribution >= 0.6 is 0 Å². The standard InChI is InChI=1S/C12H18N2O4/c1-14(4-6-18-7-5-15)9-2-3-10(12(16)17)11(13)8-9/h2-3,8,15H,4-7,13H2,1H3,(H,16,17). The molecule has 18 heavy (non-hydrogen) atoms. The summed E-state index contributed by atoms with van der Waals surface area (Å²) in [6, 6.07) is 4.80. The Labute approximate surface area is 106 Å². The van der Waals surface area contributed by atoms with Crippen molar-refractivity contribution < 1.29 is 19.7 Å². The first kappa shape index (κ1) is 14.3. The quantitative estimate of drug-likeness (QED) is 0.482. The van der Waals surface area contributed by atoms with Crippen LogP contribution in [0.1, 0.15) is 10.4 Å². The van der Waals surface area contributed by atoms with Crippen LogP contribution in [0.2, 0.25) is 0 Å². The molecule has 1 aromatic carbocycles. The number of ether oxygens (including phenoxy) is 1. The molecule has 0 radical (unpaired) electrons. The van der Waals surface area contributed by atoms with Gasteiger partial charge in [-0.3, -0.25) is 0 Å². The number of nitrogens with two attached hydrogens (primary N) is 1. The van der Waals surface area contributed by atoms with E-state index >= 15 is 0 Å². The van der Waals surface area contributed by atoms with Crippen LogP contribution in [0.4, 0.5) is 11.4 Å². The molecule has 0 aliphatic carbocycles. The molecule has 6 heteroatoms. The van der Waals surface area contributed by atoms with Gasteiger partial charge in [-0.15, -0.1) is 0 Å². The largest absolute Gasteiger partial charge is 0.478 e. The number of benzene rings is 1. The van der Waals surface area contributed by atoms with Gasteiger partial charge in [0.1, 0.15) is 0 Å². The van der Waals surface area contributed by atoms with Crippen molar-refractivity contribution in [2.24, 2.45) is 0 Å². The van der Waals surface area contributed by atoms with Crippen LogP contribution in [-0.2, 0) is 4.74 Å². The van der Waals surface area contributed by atoms with Crippen molar-refractivity contribution in [2.75, 3.05) is 44.0 Å². The van der Waals surface area contributed by atoms with E-state index in [1.807, 2.05) is 11.9 Å². The Kier molecular flexibility index (Phi) is 5.41. The van der Waals surface area contributed by atoms with Crippen LogP contribution < -0.4 is 10.6 Å². The van der Waals surface area contributed by atoms with Crippen molar-refractivity contribution in [3.63, 3.8) is 0 Å². The number of hydrogen-bond donors (Lipinski definition) is 3. The van der Waals surface area contributed by atoms with Crippen molar-refractivity contribution in [1.29, 1.82) is 0 Å². The maximum atomic E-state index is 10.8. The third kappa shape index (κ3) is 3.90. The van der Waals surface area contributed by atoms with Crippen LogP contribution in [0.5, 0.6) is 0 Å². The summed E-state index contributed by atoms with van der Waals surface area (Å²) in [7, 11) is 1.86. The number of aliphatic hydroxyl groups is 1. The second-order valence-corrected chi connectivity index (χ2v) is 3.83. The van der Waals surface area contributed by atoms with Crippen molar-refractivity contribution in [3.8, 4) is 0 Å². The molecule has 0 atom stereocenters. The highest BCUT2D eigenvalue weighted by molar-refractivity contribution is 5.94. The maximum Gasteiger partial charge on any atom is 0.337 e. The lowest BCUT2D eigenvalue weighted by molar-refractivity contribution is 0.0698. The first-order valence-electron chi connectivity index (χ1n) is 5.59. The van der Waals surface area contributed by atoms with Gasteiger partial charge in [-0.25, -0.2) is 4.79 Å². The predicted molar refractivity (Wildman–Crippen MR) is 69.0 cm³/mol. The smallest absolute Gasteiger partial charge is 0.337 e. The molecular formula is C12H18N2O4. The molecule has 1 aromatic rings. The van der Waals surface area contributed by atoms with E-state index in [1.165, 1.54) is 6.07 Å². The number of carboxylic acids is 1. The third-order valence-electron chi connectivity index (χ3n) is 2.51. The molecule has 0 saturated carbocycles. The monoisotopic (exact) mass is 254 g/mol. The normalized spacial score (nSPS) is 10.3. The number of aliphatic hydroxyl groups excluding tert-OH is 1. The van der Waals surface area contributed by atoms with Gasteiger partial charge in [-0.05, 0) is 18.2 Å². The fourth-order valence-electron chi connectivity index (χ4n) is 1.48. The molecule has 0 unspecified atom stereocenters. The zero-order chi connectivity index (χ0) is 13.5. The van der Waals surface area contributed by atoms with E-state index in [-0.39, 0.29) is 17.9 Å². The molecule has 100 valence electrons. The summed E-state index contributed by atoms with van der Waals surface area (Å²) < 4.78 is 5.15. The third-order valence-corrected chi connectivity index (χ3v) is 2.51. The van der Waals surface area contributed by atoms with E-state index in [2.05, 4.69) is 0 Å². The summed E-state index contributed by atoms with van der Waals surface area (Å²) in [5.41, 5.74) is 6.83. The molecule has 0 spiro atoms. The lowest BCUT2D eigenvalue weighted by Crippen LogP contribution is -2.23. The average Bonchev–Trinajstić information content (AvgIpc) is 2.33. The lowest BCUT2D eigenvalue weighted by atomic mass is 10.1. The zero-order valence-electron chi connectivity index (χ0n) is 10.3. The minimum absolute atomic E-state index is 0.00394. The second kappa shape index (κ2) is 6.83. The molecule has 0 aromatic heterocycles. The van der Waals surface area contributed by atoms with Gasteiger partial charge in [0.2, 0.25) is 0 Å². The fourth-order valence-corrected chi connectivity index (χ4v) is 1.48. The van der Waals surface area contributed by atoms with E-state index in [0.717, 1.165) is 5.69 Å². The molecule has 4 N–H and O–H groups in total. The highest BCUT2D eigenvalue weighted by Gasteiger charge is 2.09. The number of rotatable bonds is 7. The van der Waals surface area contributed by atoms with E-state index in [1.54, 1.807) is 12.1 Å². The molecule has 0 saturated heterocycles. The second-order valence-electron chi connectivity index (χ2n) is 3.83. The van der Waals surface area contributed by atoms with Crippen molar-refractivity contribution in [1.82, 2.24) is 0 Å². The zero-order valence-corrected chi connectivity index (χ0v) is 10.3. The van der Waals surface area contributed by atoms with Crippen LogP contribution in [-0.4, -0.2) is 49.6 Å². The molecule has 0 aliphatic heterocycles. The summed E-state index contributed by atoms with van der Waals surface area (Å²) in [6.07, 6.45) is 0. The molecule has 0 fully saturated rings. The summed E-state index contributed by atoms with van der Waals surface area (Å²) >= 11 is 0.